The van der Waals surface area contributed by atoms with Crippen molar-refractivity contribution in [2.45, 2.75) is 6.61 Å². The number of pyridine rings is 1. The zero-order chi connectivity index (χ0) is 23.5. The third-order valence-corrected chi connectivity index (χ3v) is 4.98. The van der Waals surface area contributed by atoms with Crippen molar-refractivity contribution in [2.75, 3.05) is 10.6 Å². The van der Waals surface area contributed by atoms with Gasteiger partial charge >= 0.3 is 12.6 Å². The van der Waals surface area contributed by atoms with E-state index >= 15 is 0 Å². The molecule has 2 heterocycles. The summed E-state index contributed by atoms with van der Waals surface area (Å²) in [6, 6.07) is 11.9. The Morgan fingerprint density at radius 3 is 2.42 bits per heavy atom. The molecule has 5 N–H and O–H groups in total. The van der Waals surface area contributed by atoms with E-state index < -0.39 is 18.5 Å². The molecule has 0 spiro atoms. The molecule has 168 valence electrons. The van der Waals surface area contributed by atoms with Gasteiger partial charge in [-0.1, -0.05) is 23.7 Å². The van der Waals surface area contributed by atoms with E-state index in [-0.39, 0.29) is 22.2 Å². The maximum atomic E-state index is 12.3. The lowest BCUT2D eigenvalue weighted by Gasteiger charge is -2.11. The number of fused-ring (bicyclic) bond motifs is 1. The second kappa shape index (κ2) is 9.13. The Bertz CT molecular complexity index is 1340. The number of hydrogen-bond donors (Lipinski definition) is 4. The van der Waals surface area contributed by atoms with E-state index in [2.05, 4.69) is 25.3 Å². The monoisotopic (exact) mass is 471 g/mol. The van der Waals surface area contributed by atoms with Crippen molar-refractivity contribution in [1.82, 2.24) is 9.97 Å². The molecular formula is C22H16ClF2N5O3. The molecule has 4 aromatic rings. The fourth-order valence-electron chi connectivity index (χ4n) is 3.31. The summed E-state index contributed by atoms with van der Waals surface area (Å²) in [7, 11) is 0. The first-order valence-electron chi connectivity index (χ1n) is 9.50. The number of nitrogens with one attached hydrogen (secondary N) is 3. The molecular weight excluding hydrogens is 456 g/mol. The van der Waals surface area contributed by atoms with Crippen LogP contribution in [0.15, 0.2) is 60.9 Å². The van der Waals surface area contributed by atoms with Gasteiger partial charge in [-0.05, 0) is 42.0 Å². The number of carbonyl (C=O) groups excluding carboxylic acids is 2. The van der Waals surface area contributed by atoms with Gasteiger partial charge < -0.3 is 26.1 Å². The van der Waals surface area contributed by atoms with Gasteiger partial charge in [0.25, 0.3) is 5.91 Å². The number of nitrogens with two attached hydrogens (primary N) is 1. The summed E-state index contributed by atoms with van der Waals surface area (Å²) >= 11 is 5.89. The maximum Gasteiger partial charge on any atom is 0.387 e. The first kappa shape index (κ1) is 22.0. The predicted octanol–water partition coefficient (Wildman–Crippen LogP) is 5.23. The van der Waals surface area contributed by atoms with E-state index in [1.807, 2.05) is 0 Å². The van der Waals surface area contributed by atoms with Crippen LogP contribution >= 0.6 is 11.6 Å². The van der Waals surface area contributed by atoms with Crippen molar-refractivity contribution < 1.29 is 23.1 Å². The van der Waals surface area contributed by atoms with Crippen LogP contribution in [-0.2, 0) is 0 Å². The van der Waals surface area contributed by atoms with Gasteiger partial charge in [0.2, 0.25) is 0 Å². The van der Waals surface area contributed by atoms with Crippen LogP contribution in [0.2, 0.25) is 5.02 Å². The topological polar surface area (TPSA) is 122 Å². The number of anilines is 2. The van der Waals surface area contributed by atoms with Crippen molar-refractivity contribution in [3.05, 3.63) is 71.6 Å². The number of H-pyrrole nitrogens is 1. The smallest absolute Gasteiger partial charge is 0.387 e. The Hall–Kier alpha value is -4.18. The predicted molar refractivity (Wildman–Crippen MR) is 121 cm³/mol. The van der Waals surface area contributed by atoms with Gasteiger partial charge in [0, 0.05) is 28.5 Å². The summed E-state index contributed by atoms with van der Waals surface area (Å²) < 4.78 is 28.9. The third-order valence-electron chi connectivity index (χ3n) is 4.68. The van der Waals surface area contributed by atoms with E-state index in [1.165, 1.54) is 18.2 Å². The maximum absolute atomic E-state index is 12.3. The number of ether oxygens (including phenoxy) is 1. The number of aromatic amines is 1. The number of carbonyl (C=O) groups is 2. The summed E-state index contributed by atoms with van der Waals surface area (Å²) in [5.74, 6) is -0.803. The number of hydrogen-bond acceptors (Lipinski definition) is 4. The van der Waals surface area contributed by atoms with E-state index in [0.29, 0.717) is 22.3 Å². The number of amides is 3. The highest BCUT2D eigenvalue weighted by atomic mass is 35.5. The van der Waals surface area contributed by atoms with Gasteiger partial charge in [-0.3, -0.25) is 9.78 Å². The fourth-order valence-corrected chi connectivity index (χ4v) is 3.54. The molecule has 0 atom stereocenters. The first-order valence-corrected chi connectivity index (χ1v) is 9.88. The quantitative estimate of drug-likeness (QED) is 0.307. The second-order valence-corrected chi connectivity index (χ2v) is 7.25. The van der Waals surface area contributed by atoms with Gasteiger partial charge in [0.15, 0.2) is 0 Å². The molecule has 33 heavy (non-hydrogen) atoms. The molecule has 0 aliphatic heterocycles. The van der Waals surface area contributed by atoms with Crippen LogP contribution in [0.25, 0.3) is 22.0 Å². The Balaban J connectivity index is 1.49. The molecule has 8 nitrogen and oxygen atoms in total. The molecule has 0 saturated carbocycles. The van der Waals surface area contributed by atoms with Gasteiger partial charge in [0.05, 0.1) is 16.7 Å². The Morgan fingerprint density at radius 1 is 1.06 bits per heavy atom. The molecule has 3 amide bonds. The van der Waals surface area contributed by atoms with Crippen LogP contribution in [0.5, 0.6) is 5.75 Å². The molecule has 0 fully saturated rings. The average molecular weight is 472 g/mol. The zero-order valence-corrected chi connectivity index (χ0v) is 17.5. The van der Waals surface area contributed by atoms with Crippen LogP contribution in [0.1, 0.15) is 10.5 Å². The fraction of sp³-hybridized carbons (Fsp3) is 0.0455. The molecule has 0 aliphatic rings. The molecule has 0 radical (unpaired) electrons. The van der Waals surface area contributed by atoms with E-state index in [1.54, 1.807) is 42.7 Å². The van der Waals surface area contributed by atoms with Crippen LogP contribution < -0.4 is 21.1 Å². The standard InChI is InChI=1S/C22H16ClF2N5O3/c23-15-9-13(5-6-17(15)33-21(24)25)29-22(32)28-12-3-1-11(2-4-12)18-14-7-8-27-10-16(14)30-19(18)20(26)31/h1-10,21,30H,(H2,26,31)(H2,28,29,32). The van der Waals surface area contributed by atoms with Crippen LogP contribution in [0, 0.1) is 0 Å². The van der Waals surface area contributed by atoms with Crippen molar-refractivity contribution in [3.63, 3.8) is 0 Å². The highest BCUT2D eigenvalue weighted by Crippen LogP contribution is 2.33. The van der Waals surface area contributed by atoms with E-state index in [9.17, 15) is 18.4 Å². The summed E-state index contributed by atoms with van der Waals surface area (Å²) in [5, 5.41) is 5.91. The highest BCUT2D eigenvalue weighted by Gasteiger charge is 2.17. The van der Waals surface area contributed by atoms with Crippen molar-refractivity contribution in [3.8, 4) is 16.9 Å². The SMILES string of the molecule is NC(=O)c1[nH]c2cnccc2c1-c1ccc(NC(=O)Nc2ccc(OC(F)F)c(Cl)c2)cc1. The number of halogens is 3. The number of urea groups is 1. The summed E-state index contributed by atoms with van der Waals surface area (Å²) in [6.45, 7) is -3.01. The Morgan fingerprint density at radius 2 is 1.76 bits per heavy atom. The van der Waals surface area contributed by atoms with Crippen molar-refractivity contribution in [1.29, 1.82) is 0 Å². The zero-order valence-electron chi connectivity index (χ0n) is 16.7. The number of nitrogens with zero attached hydrogens (tertiary/aromatic N) is 1. The van der Waals surface area contributed by atoms with Gasteiger partial charge in [-0.2, -0.15) is 8.78 Å². The molecule has 4 rings (SSSR count). The lowest BCUT2D eigenvalue weighted by molar-refractivity contribution is -0.0497. The van der Waals surface area contributed by atoms with E-state index in [4.69, 9.17) is 17.3 Å². The van der Waals surface area contributed by atoms with Crippen molar-refractivity contribution in [2.24, 2.45) is 5.73 Å². The summed E-state index contributed by atoms with van der Waals surface area (Å²) in [4.78, 5) is 31.2. The normalized spacial score (nSPS) is 10.9. The average Bonchev–Trinajstić information content (AvgIpc) is 3.16. The van der Waals surface area contributed by atoms with Crippen molar-refractivity contribution >= 4 is 45.8 Å². The minimum Gasteiger partial charge on any atom is -0.433 e. The van der Waals surface area contributed by atoms with Gasteiger partial charge in [-0.25, -0.2) is 4.79 Å². The molecule has 0 unspecified atom stereocenters. The minimum absolute atomic E-state index is 0.0726. The molecule has 2 aromatic carbocycles. The van der Waals surface area contributed by atoms with Crippen LogP contribution in [0.3, 0.4) is 0 Å². The highest BCUT2D eigenvalue weighted by molar-refractivity contribution is 6.32. The number of benzene rings is 2. The number of rotatable bonds is 6. The Labute approximate surface area is 190 Å². The third kappa shape index (κ3) is 4.85. The summed E-state index contributed by atoms with van der Waals surface area (Å²) in [5.41, 5.74) is 8.56. The van der Waals surface area contributed by atoms with Gasteiger partial charge in [0.1, 0.15) is 11.4 Å². The number of alkyl halides is 2. The number of aromatic nitrogens is 2. The molecule has 11 heteroatoms. The Kier molecular flexibility index (Phi) is 6.09. The lowest BCUT2D eigenvalue weighted by atomic mass is 10.0. The van der Waals surface area contributed by atoms with Gasteiger partial charge in [-0.15, -0.1) is 0 Å². The molecule has 0 bridgehead atoms. The molecule has 0 aliphatic carbocycles. The van der Waals surface area contributed by atoms with Crippen LogP contribution in [-0.4, -0.2) is 28.5 Å². The van der Waals surface area contributed by atoms with E-state index in [0.717, 1.165) is 5.39 Å². The molecule has 0 saturated heterocycles. The summed E-state index contributed by atoms with van der Waals surface area (Å²) in [6.07, 6.45) is 3.22. The van der Waals surface area contributed by atoms with Crippen LogP contribution in [0.4, 0.5) is 25.0 Å². The lowest BCUT2D eigenvalue weighted by Crippen LogP contribution is -2.19. The largest absolute Gasteiger partial charge is 0.433 e. The second-order valence-electron chi connectivity index (χ2n) is 6.84. The first-order chi connectivity index (χ1) is 15.8. The number of primary amides is 1. The minimum atomic E-state index is -3.01. The molecule has 2 aromatic heterocycles.